The molecule has 0 bridgehead atoms. The smallest absolute Gasteiger partial charge is 0.240 e. The summed E-state index contributed by atoms with van der Waals surface area (Å²) in [7, 11) is -3.49. The summed E-state index contributed by atoms with van der Waals surface area (Å²) in [6.45, 7) is 0.197. The van der Waals surface area contributed by atoms with Crippen molar-refractivity contribution < 1.29 is 8.42 Å². The van der Waals surface area contributed by atoms with Gasteiger partial charge in [-0.1, -0.05) is 48.5 Å². The fourth-order valence-corrected chi connectivity index (χ4v) is 3.98. The lowest BCUT2D eigenvalue weighted by Gasteiger charge is -2.04. The normalized spacial score (nSPS) is 11.5. The molecule has 0 aliphatic rings. The molecule has 0 fully saturated rings. The van der Waals surface area contributed by atoms with Gasteiger partial charge < -0.3 is 0 Å². The fourth-order valence-electron chi connectivity index (χ4n) is 2.13. The first-order valence-electron chi connectivity index (χ1n) is 7.15. The standard InChI is InChI=1S/C17H16N2O2S2/c20-23(21,16-9-5-2-6-10-16)18-12-15-13-22-17(19-15)11-14-7-3-1-4-8-14/h1-10,13,18H,11-12H2. The van der Waals surface area contributed by atoms with Gasteiger partial charge in [0.25, 0.3) is 0 Å². The molecule has 3 aromatic rings. The Hall–Kier alpha value is -2.02. The third-order valence-corrected chi connectivity index (χ3v) is 5.61. The molecule has 0 atom stereocenters. The molecule has 0 radical (unpaired) electrons. The third kappa shape index (κ3) is 4.25. The Kier molecular flexibility index (Phi) is 4.85. The number of hydrogen-bond acceptors (Lipinski definition) is 4. The summed E-state index contributed by atoms with van der Waals surface area (Å²) >= 11 is 1.54. The molecule has 1 heterocycles. The first kappa shape index (κ1) is 15.9. The number of nitrogens with one attached hydrogen (secondary N) is 1. The van der Waals surface area contributed by atoms with Gasteiger partial charge in [-0.2, -0.15) is 0 Å². The highest BCUT2D eigenvalue weighted by molar-refractivity contribution is 7.89. The van der Waals surface area contributed by atoms with Crippen molar-refractivity contribution in [3.63, 3.8) is 0 Å². The Morgan fingerprint density at radius 2 is 1.61 bits per heavy atom. The number of thiazole rings is 1. The van der Waals surface area contributed by atoms with Crippen molar-refractivity contribution in [1.29, 1.82) is 0 Å². The lowest BCUT2D eigenvalue weighted by molar-refractivity contribution is 0.580. The summed E-state index contributed by atoms with van der Waals surface area (Å²) in [6.07, 6.45) is 0.761. The van der Waals surface area contributed by atoms with E-state index in [1.807, 2.05) is 23.6 Å². The lowest BCUT2D eigenvalue weighted by Crippen LogP contribution is -2.23. The molecule has 0 unspecified atom stereocenters. The minimum Gasteiger partial charge on any atom is -0.245 e. The topological polar surface area (TPSA) is 59.1 Å². The van der Waals surface area contributed by atoms with Crippen molar-refractivity contribution in [3.8, 4) is 0 Å². The van der Waals surface area contributed by atoms with E-state index in [-0.39, 0.29) is 11.4 Å². The van der Waals surface area contributed by atoms with E-state index in [9.17, 15) is 8.42 Å². The van der Waals surface area contributed by atoms with Crippen LogP contribution in [-0.2, 0) is 23.0 Å². The first-order valence-corrected chi connectivity index (χ1v) is 9.52. The molecule has 0 saturated carbocycles. The summed E-state index contributed by atoms with van der Waals surface area (Å²) in [6, 6.07) is 18.4. The van der Waals surface area contributed by atoms with Crippen molar-refractivity contribution in [2.45, 2.75) is 17.9 Å². The van der Waals surface area contributed by atoms with Crippen molar-refractivity contribution in [2.24, 2.45) is 0 Å². The van der Waals surface area contributed by atoms with Crippen molar-refractivity contribution in [2.75, 3.05) is 0 Å². The van der Waals surface area contributed by atoms with Gasteiger partial charge in [0.2, 0.25) is 10.0 Å². The van der Waals surface area contributed by atoms with Gasteiger partial charge in [0.1, 0.15) is 0 Å². The van der Waals surface area contributed by atoms with Crippen molar-refractivity contribution >= 4 is 21.4 Å². The van der Waals surface area contributed by atoms with E-state index in [1.165, 1.54) is 5.56 Å². The average Bonchev–Trinajstić information content (AvgIpc) is 3.02. The molecular formula is C17H16N2O2S2. The van der Waals surface area contributed by atoms with E-state index >= 15 is 0 Å². The third-order valence-electron chi connectivity index (χ3n) is 3.29. The Balaban J connectivity index is 1.63. The number of rotatable bonds is 6. The summed E-state index contributed by atoms with van der Waals surface area (Å²) in [5.41, 5.74) is 1.93. The molecule has 0 aliphatic heterocycles. The number of nitrogens with zero attached hydrogens (tertiary/aromatic N) is 1. The molecule has 118 valence electrons. The average molecular weight is 344 g/mol. The maximum atomic E-state index is 12.2. The van der Waals surface area contributed by atoms with Crippen LogP contribution in [0.15, 0.2) is 70.9 Å². The fraction of sp³-hybridized carbons (Fsp3) is 0.118. The molecule has 3 rings (SSSR count). The second-order valence-electron chi connectivity index (χ2n) is 5.03. The van der Waals surface area contributed by atoms with Gasteiger partial charge in [-0.3, -0.25) is 0 Å². The maximum Gasteiger partial charge on any atom is 0.240 e. The zero-order chi connectivity index (χ0) is 16.1. The molecule has 0 spiro atoms. The van der Waals surface area contributed by atoms with Gasteiger partial charge in [-0.05, 0) is 17.7 Å². The lowest BCUT2D eigenvalue weighted by atomic mass is 10.2. The van der Waals surface area contributed by atoms with Crippen LogP contribution in [0, 0.1) is 0 Å². The zero-order valence-corrected chi connectivity index (χ0v) is 14.0. The SMILES string of the molecule is O=S(=O)(NCc1csc(Cc2ccccc2)n1)c1ccccc1. The van der Waals surface area contributed by atoms with E-state index in [2.05, 4.69) is 21.8 Å². The molecule has 0 saturated heterocycles. The summed E-state index contributed by atoms with van der Waals surface area (Å²) < 4.78 is 26.9. The summed E-state index contributed by atoms with van der Waals surface area (Å²) in [5, 5.41) is 2.87. The van der Waals surface area contributed by atoms with Gasteiger partial charge in [0, 0.05) is 11.8 Å². The van der Waals surface area contributed by atoms with Gasteiger partial charge in [0.15, 0.2) is 0 Å². The van der Waals surface area contributed by atoms with E-state index in [0.717, 1.165) is 17.1 Å². The zero-order valence-electron chi connectivity index (χ0n) is 12.3. The van der Waals surface area contributed by atoms with Crippen LogP contribution in [0.4, 0.5) is 0 Å². The molecule has 0 aliphatic carbocycles. The Morgan fingerprint density at radius 3 is 2.30 bits per heavy atom. The molecule has 6 heteroatoms. The predicted octanol–water partition coefficient (Wildman–Crippen LogP) is 3.21. The second kappa shape index (κ2) is 7.04. The van der Waals surface area contributed by atoms with Crippen LogP contribution >= 0.6 is 11.3 Å². The minimum atomic E-state index is -3.49. The van der Waals surface area contributed by atoms with Gasteiger partial charge in [-0.15, -0.1) is 11.3 Å². The van der Waals surface area contributed by atoms with Crippen LogP contribution < -0.4 is 4.72 Å². The Morgan fingerprint density at radius 1 is 0.957 bits per heavy atom. The number of aromatic nitrogens is 1. The van der Waals surface area contributed by atoms with E-state index in [0.29, 0.717) is 0 Å². The van der Waals surface area contributed by atoms with Gasteiger partial charge in [-0.25, -0.2) is 18.1 Å². The minimum absolute atomic E-state index is 0.197. The van der Waals surface area contributed by atoms with Gasteiger partial charge >= 0.3 is 0 Å². The maximum absolute atomic E-state index is 12.2. The van der Waals surface area contributed by atoms with E-state index < -0.39 is 10.0 Å². The van der Waals surface area contributed by atoms with Crippen LogP contribution in [0.5, 0.6) is 0 Å². The quantitative estimate of drug-likeness (QED) is 0.747. The molecule has 0 amide bonds. The van der Waals surface area contributed by atoms with Crippen LogP contribution in [-0.4, -0.2) is 13.4 Å². The summed E-state index contributed by atoms with van der Waals surface area (Å²) in [4.78, 5) is 4.76. The highest BCUT2D eigenvalue weighted by Gasteiger charge is 2.13. The van der Waals surface area contributed by atoms with Crippen LogP contribution in [0.3, 0.4) is 0 Å². The van der Waals surface area contributed by atoms with Gasteiger partial charge in [0.05, 0.1) is 22.1 Å². The molecule has 1 aromatic heterocycles. The monoisotopic (exact) mass is 344 g/mol. The Bertz CT molecular complexity index is 860. The number of sulfonamides is 1. The van der Waals surface area contributed by atoms with Crippen molar-refractivity contribution in [1.82, 2.24) is 9.71 Å². The van der Waals surface area contributed by atoms with Crippen LogP contribution in [0.1, 0.15) is 16.3 Å². The highest BCUT2D eigenvalue weighted by Crippen LogP contribution is 2.15. The van der Waals surface area contributed by atoms with E-state index in [1.54, 1.807) is 41.7 Å². The summed E-state index contributed by atoms with van der Waals surface area (Å²) in [5.74, 6) is 0. The molecule has 23 heavy (non-hydrogen) atoms. The van der Waals surface area contributed by atoms with Crippen LogP contribution in [0.2, 0.25) is 0 Å². The Labute approximate surface area is 139 Å². The molecular weight excluding hydrogens is 328 g/mol. The number of hydrogen-bond donors (Lipinski definition) is 1. The molecule has 1 N–H and O–H groups in total. The van der Waals surface area contributed by atoms with Crippen molar-refractivity contribution in [3.05, 3.63) is 82.3 Å². The van der Waals surface area contributed by atoms with Crippen LogP contribution in [0.25, 0.3) is 0 Å². The molecule has 4 nitrogen and oxygen atoms in total. The largest absolute Gasteiger partial charge is 0.245 e. The molecule has 2 aromatic carbocycles. The second-order valence-corrected chi connectivity index (χ2v) is 7.74. The number of benzene rings is 2. The first-order chi connectivity index (χ1) is 11.1. The predicted molar refractivity (Wildman–Crippen MR) is 91.8 cm³/mol. The van der Waals surface area contributed by atoms with E-state index in [4.69, 9.17) is 0 Å². The highest BCUT2D eigenvalue weighted by atomic mass is 32.2.